The molecule has 0 saturated carbocycles. The second-order valence-corrected chi connectivity index (χ2v) is 24.0. The van der Waals surface area contributed by atoms with Gasteiger partial charge in [-0.1, -0.05) is 153 Å². The zero-order valence-electron chi connectivity index (χ0n) is 52.8. The molecule has 2 aliphatic rings. The van der Waals surface area contributed by atoms with E-state index in [0.29, 0.717) is 72.3 Å². The van der Waals surface area contributed by atoms with E-state index >= 15 is 0 Å². The summed E-state index contributed by atoms with van der Waals surface area (Å²) in [5, 5.41) is 3.48. The number of H-pyrrole nitrogens is 2. The maximum atomic E-state index is 6.48. The summed E-state index contributed by atoms with van der Waals surface area (Å²) < 4.78 is 25.9. The van der Waals surface area contributed by atoms with Gasteiger partial charge in [0.25, 0.3) is 0 Å². The molecule has 0 amide bonds. The van der Waals surface area contributed by atoms with Crippen LogP contribution in [0.15, 0.2) is 123 Å². The molecule has 12 nitrogen and oxygen atoms in total. The number of fused-ring (bicyclic) bond motifs is 20. The summed E-state index contributed by atoms with van der Waals surface area (Å²) in [7, 11) is 0. The highest BCUT2D eigenvalue weighted by Gasteiger charge is 2.24. The third-order valence-electron chi connectivity index (χ3n) is 17.0. The number of hydrogen-bond acceptors (Lipinski definition) is 10. The highest BCUT2D eigenvalue weighted by Crippen LogP contribution is 2.40. The zero-order chi connectivity index (χ0) is 60.8. The lowest BCUT2D eigenvalue weighted by Crippen LogP contribution is -1.97. The number of nitrogens with one attached hydrogen (secondary N) is 2. The number of aromatic nitrogens is 8. The normalized spacial score (nSPS) is 11.6. The maximum absolute atomic E-state index is 6.48. The molecular formula is C76H98N8O4. The number of hydrogen-bond donors (Lipinski definition) is 2. The monoisotopic (exact) mass is 1190 g/mol. The van der Waals surface area contributed by atoms with Crippen molar-refractivity contribution >= 4 is 44.1 Å². The molecule has 8 bridgehead atoms. The summed E-state index contributed by atoms with van der Waals surface area (Å²) >= 11 is 0. The Morgan fingerprint density at radius 2 is 0.511 bits per heavy atom. The molecule has 0 atom stereocenters. The molecule has 4 aromatic carbocycles. The number of allylic oxidation sites excluding steroid dienone is 4. The van der Waals surface area contributed by atoms with E-state index in [-0.39, 0.29) is 0 Å². The van der Waals surface area contributed by atoms with Crippen molar-refractivity contribution in [3.8, 4) is 68.5 Å². The van der Waals surface area contributed by atoms with Crippen LogP contribution in [0.3, 0.4) is 0 Å². The van der Waals surface area contributed by atoms with E-state index in [1.54, 1.807) is 0 Å². The van der Waals surface area contributed by atoms with Crippen LogP contribution in [0.1, 0.15) is 205 Å². The van der Waals surface area contributed by atoms with Gasteiger partial charge >= 0.3 is 0 Å². The van der Waals surface area contributed by atoms with Gasteiger partial charge in [-0.05, 0) is 150 Å². The molecule has 12 heteroatoms. The third-order valence-corrected chi connectivity index (χ3v) is 17.0. The fraction of sp³-hybridized carbons (Fsp3) is 0.474. The summed E-state index contributed by atoms with van der Waals surface area (Å²) in [6.45, 7) is 18.0. The predicted octanol–water partition coefficient (Wildman–Crippen LogP) is 21.6. The quantitative estimate of drug-likeness (QED) is 0.0280. The molecule has 0 radical (unpaired) electrons. The smallest absolute Gasteiger partial charge is 0.164 e. The lowest BCUT2D eigenvalue weighted by atomic mass is 10.1. The summed E-state index contributed by atoms with van der Waals surface area (Å²) in [4.78, 5) is 39.4. The molecule has 7 aromatic rings. The predicted molar refractivity (Wildman–Crippen MR) is 367 cm³/mol. The lowest BCUT2D eigenvalue weighted by molar-refractivity contribution is 0.304. The second kappa shape index (κ2) is 36.0. The summed E-state index contributed by atoms with van der Waals surface area (Å²) in [5.41, 5.74) is 5.82. The van der Waals surface area contributed by atoms with Gasteiger partial charge < -0.3 is 28.9 Å². The van der Waals surface area contributed by atoms with E-state index in [1.807, 2.05) is 48.6 Å². The Kier molecular flexibility index (Phi) is 26.5. The van der Waals surface area contributed by atoms with Crippen LogP contribution in [0.5, 0.6) is 23.0 Å². The largest absolute Gasteiger partial charge is 0.494 e. The van der Waals surface area contributed by atoms with Gasteiger partial charge in [-0.2, -0.15) is 0 Å². The first-order valence-electron chi connectivity index (χ1n) is 33.9. The molecule has 9 rings (SSSR count). The van der Waals surface area contributed by atoms with Crippen LogP contribution in [0.25, 0.3) is 89.7 Å². The zero-order valence-corrected chi connectivity index (χ0v) is 52.8. The van der Waals surface area contributed by atoms with E-state index in [2.05, 4.69) is 84.8 Å². The number of aromatic amines is 2. The summed E-state index contributed by atoms with van der Waals surface area (Å²) in [5.74, 6) is 5.19. The second-order valence-electron chi connectivity index (χ2n) is 24.0. The van der Waals surface area contributed by atoms with Crippen molar-refractivity contribution in [1.82, 2.24) is 39.9 Å². The number of ether oxygens (including phenoxy) is 4. The molecule has 0 aliphatic carbocycles. The molecular weight excluding hydrogens is 1090 g/mol. The first-order valence-corrected chi connectivity index (χ1v) is 33.9. The minimum Gasteiger partial charge on any atom is -0.494 e. The van der Waals surface area contributed by atoms with Gasteiger partial charge in [0.05, 0.1) is 26.4 Å². The lowest BCUT2D eigenvalue weighted by Gasteiger charge is -2.08. The van der Waals surface area contributed by atoms with Crippen LogP contribution in [-0.2, 0) is 0 Å². The van der Waals surface area contributed by atoms with Gasteiger partial charge in [0.15, 0.2) is 23.3 Å². The third kappa shape index (κ3) is 19.2. The number of benzene rings is 4. The molecule has 0 fully saturated rings. The topological polar surface area (TPSA) is 146 Å². The van der Waals surface area contributed by atoms with Gasteiger partial charge in [-0.3, -0.25) is 0 Å². The Hall–Kier alpha value is -7.60. The van der Waals surface area contributed by atoms with Crippen molar-refractivity contribution in [2.24, 2.45) is 0 Å². The fourth-order valence-electron chi connectivity index (χ4n) is 11.9. The Bertz CT molecular complexity index is 3300. The van der Waals surface area contributed by atoms with Crippen molar-refractivity contribution < 1.29 is 18.9 Å². The number of nitrogens with zero attached hydrogens (tertiary/aromatic N) is 6. The van der Waals surface area contributed by atoms with Crippen molar-refractivity contribution in [2.45, 2.75) is 205 Å². The molecule has 0 saturated heterocycles. The summed E-state index contributed by atoms with van der Waals surface area (Å²) in [6, 6.07) is 24.7. The van der Waals surface area contributed by atoms with Gasteiger partial charge in [-0.25, -0.2) is 29.9 Å². The molecule has 2 aliphatic heterocycles. The van der Waals surface area contributed by atoms with E-state index < -0.39 is 0 Å². The molecule has 0 spiro atoms. The highest BCUT2D eigenvalue weighted by atomic mass is 16.5. The Labute approximate surface area is 524 Å². The van der Waals surface area contributed by atoms with Gasteiger partial charge in [0.2, 0.25) is 0 Å². The van der Waals surface area contributed by atoms with Crippen molar-refractivity contribution in [3.05, 3.63) is 123 Å². The highest BCUT2D eigenvalue weighted by molar-refractivity contribution is 6.07. The van der Waals surface area contributed by atoms with Gasteiger partial charge in [-0.15, -0.1) is 26.3 Å². The molecule has 5 heterocycles. The van der Waals surface area contributed by atoms with Crippen LogP contribution < -0.4 is 18.9 Å². The van der Waals surface area contributed by atoms with Crippen molar-refractivity contribution in [3.63, 3.8) is 0 Å². The Morgan fingerprint density at radius 1 is 0.261 bits per heavy atom. The minimum atomic E-state index is 0.519. The molecule has 88 heavy (non-hydrogen) atoms. The Morgan fingerprint density at radius 3 is 0.818 bits per heavy atom. The SMILES string of the molecule is C=CCCCCCCCCCOc1ccc2c(c1)-c1nc-2nc2[nH]c(nc3nc(nc4[nH]c(n1)c1ccc(OCCCCCCCCCC=C)cc41)-c1ccc(OCCCCCCCCCC=C)cc1-3)c1ccc(OCCCCCCCCCC=C)cc21. The molecule has 466 valence electrons. The van der Waals surface area contributed by atoms with E-state index in [9.17, 15) is 0 Å². The number of rotatable bonds is 44. The van der Waals surface area contributed by atoms with E-state index in [1.165, 1.54) is 128 Å². The minimum absolute atomic E-state index is 0.519. The average Bonchev–Trinajstić information content (AvgIpc) is 2.24. The number of unbranched alkanes of at least 4 members (excludes halogenated alkanes) is 28. The first-order chi connectivity index (χ1) is 43.5. The first kappa shape index (κ1) is 64.9. The molecule has 0 unspecified atom stereocenters. The van der Waals surface area contributed by atoms with Gasteiger partial charge in [0, 0.05) is 43.8 Å². The van der Waals surface area contributed by atoms with Crippen molar-refractivity contribution in [2.75, 3.05) is 26.4 Å². The van der Waals surface area contributed by atoms with E-state index in [4.69, 9.17) is 48.9 Å². The Balaban J connectivity index is 1.07. The molecule has 2 N–H and O–H groups in total. The van der Waals surface area contributed by atoms with Gasteiger partial charge in [0.1, 0.15) is 45.6 Å². The molecule has 3 aromatic heterocycles. The van der Waals surface area contributed by atoms with E-state index in [0.717, 1.165) is 144 Å². The summed E-state index contributed by atoms with van der Waals surface area (Å²) in [6.07, 6.45) is 45.9. The van der Waals surface area contributed by atoms with Crippen molar-refractivity contribution in [1.29, 1.82) is 0 Å². The van der Waals surface area contributed by atoms with Crippen LogP contribution in [0.4, 0.5) is 0 Å². The van der Waals surface area contributed by atoms with Crippen LogP contribution >= 0.6 is 0 Å². The van der Waals surface area contributed by atoms with Crippen LogP contribution in [0.2, 0.25) is 0 Å². The van der Waals surface area contributed by atoms with Crippen LogP contribution in [0, 0.1) is 0 Å². The standard InChI is InChI=1S/C76H98N8O4/c1-5-9-13-17-21-25-29-33-37-49-85-57-41-45-61-65(53-57)73-77-69(61)82-74-67-55-59(87-51-39-35-31-27-23-19-15-11-7-3)43-47-63(67)71(79-74)84-76-68-56-60(88-52-40-36-32-28-24-20-16-12-8-4)44-48-64(68)72(80-76)83-75-66-54-58(42-46-62(66)70(78-75)81-73)86-50-38-34-30-26-22-18-14-10-6-2/h5-8,41-48,53-56H,1-4,9-40,49-52H2,(H2,77,78,79,80,81,82,83,84). The average molecular weight is 1190 g/mol. The van der Waals surface area contributed by atoms with Crippen LogP contribution in [-0.4, -0.2) is 66.3 Å². The maximum Gasteiger partial charge on any atom is 0.164 e. The fourth-order valence-corrected chi connectivity index (χ4v) is 11.9.